The summed E-state index contributed by atoms with van der Waals surface area (Å²) in [5, 5.41) is 8.52. The lowest BCUT2D eigenvalue weighted by Gasteiger charge is -2.32. The minimum absolute atomic E-state index is 0.159. The predicted octanol–water partition coefficient (Wildman–Crippen LogP) is 3.70. The van der Waals surface area contributed by atoms with E-state index in [1.54, 1.807) is 36.5 Å². The summed E-state index contributed by atoms with van der Waals surface area (Å²) in [5.74, 6) is 0.553. The van der Waals surface area contributed by atoms with Crippen molar-refractivity contribution < 1.29 is 12.8 Å². The number of piperidine rings is 1. The zero-order valence-electron chi connectivity index (χ0n) is 14.3. The van der Waals surface area contributed by atoms with Crippen molar-refractivity contribution in [2.75, 3.05) is 6.54 Å². The lowest BCUT2D eigenvalue weighted by atomic mass is 10.1. The number of benzene rings is 1. The Morgan fingerprint density at radius 3 is 2.78 bits per heavy atom. The largest absolute Gasteiger partial charge is 0.417 e. The molecule has 0 spiro atoms. The molecule has 0 N–H and O–H groups in total. The van der Waals surface area contributed by atoms with Crippen molar-refractivity contribution in [1.29, 1.82) is 0 Å². The minimum atomic E-state index is -3.73. The number of hydrogen-bond donors (Lipinski definition) is 0. The Labute approximate surface area is 162 Å². The molecule has 1 fully saturated rings. The highest BCUT2D eigenvalue weighted by atomic mass is 35.5. The average molecular weight is 405 g/mol. The predicted molar refractivity (Wildman–Crippen MR) is 99.5 cm³/mol. The van der Waals surface area contributed by atoms with Crippen LogP contribution in [0.4, 0.5) is 0 Å². The second kappa shape index (κ2) is 7.38. The van der Waals surface area contributed by atoms with Gasteiger partial charge in [0.25, 0.3) is 5.89 Å². The maximum Gasteiger partial charge on any atom is 0.266 e. The van der Waals surface area contributed by atoms with Gasteiger partial charge in [-0.25, -0.2) is 8.42 Å². The van der Waals surface area contributed by atoms with Crippen LogP contribution < -0.4 is 0 Å². The van der Waals surface area contributed by atoms with Crippen molar-refractivity contribution in [3.05, 3.63) is 59.6 Å². The summed E-state index contributed by atoms with van der Waals surface area (Å²) >= 11 is 5.98. The molecule has 0 radical (unpaired) electrons. The molecule has 1 saturated heterocycles. The van der Waals surface area contributed by atoms with Gasteiger partial charge in [0.1, 0.15) is 11.7 Å². The van der Waals surface area contributed by atoms with Gasteiger partial charge in [-0.3, -0.25) is 4.98 Å². The van der Waals surface area contributed by atoms with Crippen LogP contribution in [-0.4, -0.2) is 34.4 Å². The highest BCUT2D eigenvalue weighted by Crippen LogP contribution is 2.36. The number of sulfonamides is 1. The minimum Gasteiger partial charge on any atom is -0.417 e. The van der Waals surface area contributed by atoms with Gasteiger partial charge in [0.2, 0.25) is 15.9 Å². The van der Waals surface area contributed by atoms with Crippen molar-refractivity contribution in [3.63, 3.8) is 0 Å². The van der Waals surface area contributed by atoms with E-state index in [2.05, 4.69) is 15.2 Å². The van der Waals surface area contributed by atoms with Crippen LogP contribution in [0, 0.1) is 0 Å². The van der Waals surface area contributed by atoms with E-state index in [-0.39, 0.29) is 16.7 Å². The molecule has 1 aliphatic heterocycles. The van der Waals surface area contributed by atoms with Gasteiger partial charge in [0.05, 0.1) is 4.90 Å². The van der Waals surface area contributed by atoms with E-state index < -0.39 is 16.1 Å². The molecular weight excluding hydrogens is 388 g/mol. The zero-order valence-corrected chi connectivity index (χ0v) is 15.9. The van der Waals surface area contributed by atoms with E-state index in [1.165, 1.54) is 10.4 Å². The third kappa shape index (κ3) is 3.60. The fraction of sp³-hybridized carbons (Fsp3) is 0.278. The summed E-state index contributed by atoms with van der Waals surface area (Å²) in [6, 6.07) is 11.1. The summed E-state index contributed by atoms with van der Waals surface area (Å²) < 4.78 is 33.5. The van der Waals surface area contributed by atoms with Gasteiger partial charge >= 0.3 is 0 Å². The lowest BCUT2D eigenvalue weighted by Crippen LogP contribution is -2.38. The van der Waals surface area contributed by atoms with Crippen molar-refractivity contribution in [1.82, 2.24) is 19.5 Å². The Kier molecular flexibility index (Phi) is 4.94. The summed E-state index contributed by atoms with van der Waals surface area (Å²) in [6.07, 6.45) is 3.91. The number of nitrogens with zero attached hydrogens (tertiary/aromatic N) is 4. The standard InChI is InChI=1S/C18H17ClN4O3S/c19-13-6-5-7-14(12-13)27(24,25)23-11-4-2-9-16(23)18-22-21-17(26-18)15-8-1-3-10-20-15/h1,3,5-8,10,12,16H,2,4,9,11H2/t16-/m1/s1. The molecule has 2 aromatic heterocycles. The third-order valence-electron chi connectivity index (χ3n) is 4.47. The zero-order chi connectivity index (χ0) is 18.9. The SMILES string of the molecule is O=S(=O)(c1cccc(Cl)c1)N1CCCC[C@@H]1c1nnc(-c2ccccn2)o1. The van der Waals surface area contributed by atoms with Crippen molar-refractivity contribution >= 4 is 21.6 Å². The van der Waals surface area contributed by atoms with Crippen LogP contribution >= 0.6 is 11.6 Å². The first-order valence-electron chi connectivity index (χ1n) is 8.58. The molecular formula is C18H17ClN4O3S. The van der Waals surface area contributed by atoms with Crippen LogP contribution in [0.1, 0.15) is 31.2 Å². The molecule has 3 aromatic rings. The van der Waals surface area contributed by atoms with E-state index in [0.29, 0.717) is 23.7 Å². The van der Waals surface area contributed by atoms with Crippen LogP contribution in [0.15, 0.2) is 58.0 Å². The monoisotopic (exact) mass is 404 g/mol. The maximum atomic E-state index is 13.2. The fourth-order valence-electron chi connectivity index (χ4n) is 3.16. The summed E-state index contributed by atoms with van der Waals surface area (Å²) in [6.45, 7) is 0.390. The van der Waals surface area contributed by atoms with E-state index in [0.717, 1.165) is 12.8 Å². The highest BCUT2D eigenvalue weighted by molar-refractivity contribution is 7.89. The van der Waals surface area contributed by atoms with Gasteiger partial charge in [0, 0.05) is 17.8 Å². The molecule has 0 aliphatic carbocycles. The second-order valence-electron chi connectivity index (χ2n) is 6.25. The van der Waals surface area contributed by atoms with Crippen molar-refractivity contribution in [2.45, 2.75) is 30.2 Å². The highest BCUT2D eigenvalue weighted by Gasteiger charge is 2.37. The first kappa shape index (κ1) is 18.1. The van der Waals surface area contributed by atoms with Gasteiger partial charge in [0.15, 0.2) is 0 Å². The summed E-state index contributed by atoms with van der Waals surface area (Å²) in [7, 11) is -3.73. The molecule has 27 heavy (non-hydrogen) atoms. The van der Waals surface area contributed by atoms with E-state index in [1.807, 2.05) is 6.07 Å². The molecule has 3 heterocycles. The number of rotatable bonds is 4. The van der Waals surface area contributed by atoms with Crippen molar-refractivity contribution in [2.24, 2.45) is 0 Å². The molecule has 0 saturated carbocycles. The van der Waals surface area contributed by atoms with Crippen LogP contribution in [0.25, 0.3) is 11.6 Å². The molecule has 0 bridgehead atoms. The van der Waals surface area contributed by atoms with Crippen LogP contribution in [0.2, 0.25) is 5.02 Å². The summed E-state index contributed by atoms with van der Waals surface area (Å²) in [5.41, 5.74) is 0.552. The Bertz CT molecular complexity index is 1040. The van der Waals surface area contributed by atoms with Crippen LogP contribution in [0.3, 0.4) is 0 Å². The Hall–Kier alpha value is -2.29. The number of hydrogen-bond acceptors (Lipinski definition) is 6. The Balaban J connectivity index is 1.68. The molecule has 0 unspecified atom stereocenters. The molecule has 1 atom stereocenters. The van der Waals surface area contributed by atoms with Gasteiger partial charge in [-0.1, -0.05) is 30.2 Å². The molecule has 9 heteroatoms. The molecule has 1 aliphatic rings. The molecule has 7 nitrogen and oxygen atoms in total. The Morgan fingerprint density at radius 1 is 1.11 bits per heavy atom. The normalized spacial score (nSPS) is 18.5. The number of aromatic nitrogens is 3. The topological polar surface area (TPSA) is 89.2 Å². The van der Waals surface area contributed by atoms with Crippen LogP contribution in [0.5, 0.6) is 0 Å². The molecule has 0 amide bonds. The summed E-state index contributed by atoms with van der Waals surface area (Å²) in [4.78, 5) is 4.35. The fourth-order valence-corrected chi connectivity index (χ4v) is 5.12. The van der Waals surface area contributed by atoms with Gasteiger partial charge in [-0.2, -0.15) is 4.31 Å². The number of halogens is 1. The molecule has 1 aromatic carbocycles. The number of pyridine rings is 1. The van der Waals surface area contributed by atoms with E-state index in [4.69, 9.17) is 16.0 Å². The first-order valence-corrected chi connectivity index (χ1v) is 10.4. The van der Waals surface area contributed by atoms with Gasteiger partial charge < -0.3 is 4.42 Å². The lowest BCUT2D eigenvalue weighted by molar-refractivity contribution is 0.220. The maximum absolute atomic E-state index is 13.2. The molecule has 140 valence electrons. The van der Waals surface area contributed by atoms with Crippen LogP contribution in [-0.2, 0) is 10.0 Å². The molecule has 4 rings (SSSR count). The smallest absolute Gasteiger partial charge is 0.266 e. The van der Waals surface area contributed by atoms with E-state index >= 15 is 0 Å². The Morgan fingerprint density at radius 2 is 2.00 bits per heavy atom. The second-order valence-corrected chi connectivity index (χ2v) is 8.57. The average Bonchev–Trinajstić information content (AvgIpc) is 3.19. The first-order chi connectivity index (χ1) is 13.1. The van der Waals surface area contributed by atoms with Gasteiger partial charge in [-0.15, -0.1) is 10.2 Å². The quantitative estimate of drug-likeness (QED) is 0.658. The third-order valence-corrected chi connectivity index (χ3v) is 6.61. The van der Waals surface area contributed by atoms with Crippen molar-refractivity contribution in [3.8, 4) is 11.6 Å². The van der Waals surface area contributed by atoms with Gasteiger partial charge in [-0.05, 0) is 43.2 Å². The van der Waals surface area contributed by atoms with E-state index in [9.17, 15) is 8.42 Å².